The zero-order chi connectivity index (χ0) is 15.3. The minimum absolute atomic E-state index is 0.193. The Kier molecular flexibility index (Phi) is 7.73. The summed E-state index contributed by atoms with van der Waals surface area (Å²) in [5.74, 6) is 1.31. The van der Waals surface area contributed by atoms with Gasteiger partial charge in [0.05, 0.1) is 6.04 Å². The third-order valence-corrected chi connectivity index (χ3v) is 5.11. The lowest BCUT2D eigenvalue weighted by Crippen LogP contribution is -2.43. The van der Waals surface area contributed by atoms with Gasteiger partial charge in [-0.2, -0.15) is 0 Å². The van der Waals surface area contributed by atoms with E-state index in [0.717, 1.165) is 19.5 Å². The Morgan fingerprint density at radius 1 is 1.20 bits per heavy atom. The minimum atomic E-state index is 0.193. The van der Waals surface area contributed by atoms with Gasteiger partial charge in [0, 0.05) is 33.9 Å². The lowest BCUT2D eigenvalue weighted by atomic mass is 10.00. The Morgan fingerprint density at radius 3 is 2.10 bits per heavy atom. The lowest BCUT2D eigenvalue weighted by molar-refractivity contribution is 0.136. The van der Waals surface area contributed by atoms with E-state index in [2.05, 4.69) is 66.9 Å². The molecule has 4 heteroatoms. The average molecular weight is 361 g/mol. The first-order valence-electron chi connectivity index (χ1n) is 7.58. The van der Waals surface area contributed by atoms with E-state index < -0.39 is 0 Å². The molecule has 116 valence electrons. The van der Waals surface area contributed by atoms with Crippen molar-refractivity contribution in [3.05, 3.63) is 20.8 Å². The largest absolute Gasteiger partial charge is 0.326 e. The molecule has 0 saturated carbocycles. The molecular weight excluding hydrogens is 332 g/mol. The predicted molar refractivity (Wildman–Crippen MR) is 94.3 cm³/mol. The number of nitrogens with zero attached hydrogens (tertiary/aromatic N) is 1. The maximum absolute atomic E-state index is 6.46. The van der Waals surface area contributed by atoms with Crippen molar-refractivity contribution in [2.45, 2.75) is 53.1 Å². The van der Waals surface area contributed by atoms with Gasteiger partial charge in [-0.3, -0.25) is 4.90 Å². The molecule has 0 bridgehead atoms. The highest BCUT2D eigenvalue weighted by molar-refractivity contribution is 9.10. The summed E-state index contributed by atoms with van der Waals surface area (Å²) < 4.78 is 1.17. The zero-order valence-corrected chi connectivity index (χ0v) is 15.8. The molecule has 2 atom stereocenters. The summed E-state index contributed by atoms with van der Waals surface area (Å²) >= 11 is 5.39. The molecule has 2 N–H and O–H groups in total. The lowest BCUT2D eigenvalue weighted by Gasteiger charge is -2.37. The van der Waals surface area contributed by atoms with Crippen LogP contribution in [0.25, 0.3) is 0 Å². The van der Waals surface area contributed by atoms with Crippen molar-refractivity contribution in [3.8, 4) is 0 Å². The first-order valence-corrected chi connectivity index (χ1v) is 9.25. The fourth-order valence-electron chi connectivity index (χ4n) is 2.61. The van der Waals surface area contributed by atoms with Crippen LogP contribution >= 0.6 is 27.3 Å². The SMILES string of the molecule is CCC(N)C(c1cc(Br)cs1)N(CC(C)C)CC(C)C. The summed E-state index contributed by atoms with van der Waals surface area (Å²) in [5.41, 5.74) is 6.46. The third-order valence-electron chi connectivity index (χ3n) is 3.35. The van der Waals surface area contributed by atoms with Crippen molar-refractivity contribution >= 4 is 27.3 Å². The maximum Gasteiger partial charge on any atom is 0.0593 e. The smallest absolute Gasteiger partial charge is 0.0593 e. The topological polar surface area (TPSA) is 29.3 Å². The molecule has 0 spiro atoms. The minimum Gasteiger partial charge on any atom is -0.326 e. The molecule has 1 heterocycles. The summed E-state index contributed by atoms with van der Waals surface area (Å²) in [4.78, 5) is 3.97. The highest BCUT2D eigenvalue weighted by Crippen LogP contribution is 2.33. The van der Waals surface area contributed by atoms with Gasteiger partial charge in [0.1, 0.15) is 0 Å². The van der Waals surface area contributed by atoms with E-state index >= 15 is 0 Å². The summed E-state index contributed by atoms with van der Waals surface area (Å²) in [5, 5.41) is 2.16. The summed E-state index contributed by atoms with van der Waals surface area (Å²) in [6.45, 7) is 13.5. The monoisotopic (exact) mass is 360 g/mol. The number of hydrogen-bond acceptors (Lipinski definition) is 3. The Labute approximate surface area is 136 Å². The van der Waals surface area contributed by atoms with E-state index in [1.165, 1.54) is 9.35 Å². The van der Waals surface area contributed by atoms with Crippen LogP contribution in [0.1, 0.15) is 52.0 Å². The molecule has 0 fully saturated rings. The number of thiophene rings is 1. The van der Waals surface area contributed by atoms with E-state index in [9.17, 15) is 0 Å². The van der Waals surface area contributed by atoms with Gasteiger partial charge in [-0.05, 0) is 40.3 Å². The molecule has 2 nitrogen and oxygen atoms in total. The second kappa shape index (κ2) is 8.52. The van der Waals surface area contributed by atoms with Gasteiger partial charge in [0.25, 0.3) is 0 Å². The van der Waals surface area contributed by atoms with Crippen LogP contribution < -0.4 is 5.73 Å². The predicted octanol–water partition coefficient (Wildman–Crippen LogP) is 4.90. The zero-order valence-electron chi connectivity index (χ0n) is 13.4. The molecule has 0 amide bonds. The Hall–Kier alpha value is 0.1000. The number of rotatable bonds is 8. The fraction of sp³-hybridized carbons (Fsp3) is 0.750. The molecule has 0 radical (unpaired) electrons. The van der Waals surface area contributed by atoms with Crippen molar-refractivity contribution < 1.29 is 0 Å². The Balaban J connectivity index is 3.03. The Bertz CT molecular complexity index is 380. The highest BCUT2D eigenvalue weighted by atomic mass is 79.9. The second-order valence-corrected chi connectivity index (χ2v) is 8.28. The highest BCUT2D eigenvalue weighted by Gasteiger charge is 2.28. The van der Waals surface area contributed by atoms with Crippen LogP contribution in [0.4, 0.5) is 0 Å². The van der Waals surface area contributed by atoms with Gasteiger partial charge in [-0.25, -0.2) is 0 Å². The molecule has 0 aliphatic heterocycles. The van der Waals surface area contributed by atoms with E-state index in [1.807, 2.05) is 11.3 Å². The second-order valence-electron chi connectivity index (χ2n) is 6.43. The summed E-state index contributed by atoms with van der Waals surface area (Å²) in [7, 11) is 0. The van der Waals surface area contributed by atoms with Crippen molar-refractivity contribution in [2.24, 2.45) is 17.6 Å². The molecule has 1 rings (SSSR count). The number of halogens is 1. The van der Waals surface area contributed by atoms with Gasteiger partial charge in [-0.15, -0.1) is 11.3 Å². The maximum atomic E-state index is 6.46. The molecule has 20 heavy (non-hydrogen) atoms. The van der Waals surface area contributed by atoms with Crippen LogP contribution in [0.15, 0.2) is 15.9 Å². The van der Waals surface area contributed by atoms with E-state index in [4.69, 9.17) is 5.73 Å². The van der Waals surface area contributed by atoms with Crippen molar-refractivity contribution in [2.75, 3.05) is 13.1 Å². The molecular formula is C16H29BrN2S. The molecule has 0 saturated heterocycles. The molecule has 1 aromatic heterocycles. The van der Waals surface area contributed by atoms with Crippen molar-refractivity contribution in [1.82, 2.24) is 4.90 Å². The molecule has 1 aromatic rings. The number of hydrogen-bond donors (Lipinski definition) is 1. The van der Waals surface area contributed by atoms with E-state index in [-0.39, 0.29) is 6.04 Å². The molecule has 2 unspecified atom stereocenters. The first-order chi connectivity index (χ1) is 9.35. The van der Waals surface area contributed by atoms with Gasteiger partial charge in [0.15, 0.2) is 0 Å². The van der Waals surface area contributed by atoms with E-state index in [1.54, 1.807) is 0 Å². The quantitative estimate of drug-likeness (QED) is 0.713. The van der Waals surface area contributed by atoms with Crippen LogP contribution in [0.2, 0.25) is 0 Å². The fourth-order valence-corrected chi connectivity index (χ4v) is 4.26. The van der Waals surface area contributed by atoms with Crippen molar-refractivity contribution in [3.63, 3.8) is 0 Å². The third kappa shape index (κ3) is 5.47. The summed E-state index contributed by atoms with van der Waals surface area (Å²) in [6.07, 6.45) is 1.01. The Morgan fingerprint density at radius 2 is 1.75 bits per heavy atom. The van der Waals surface area contributed by atoms with Crippen LogP contribution in [-0.4, -0.2) is 24.0 Å². The van der Waals surface area contributed by atoms with Gasteiger partial charge in [0.2, 0.25) is 0 Å². The standard InChI is InChI=1S/C16H29BrN2S/c1-6-14(18)16(15-7-13(17)10-20-15)19(8-11(2)3)9-12(4)5/h7,10-12,14,16H,6,8-9,18H2,1-5H3. The van der Waals surface area contributed by atoms with Crippen LogP contribution in [0.5, 0.6) is 0 Å². The first kappa shape index (κ1) is 18.1. The van der Waals surface area contributed by atoms with Gasteiger partial charge >= 0.3 is 0 Å². The van der Waals surface area contributed by atoms with Crippen LogP contribution in [0, 0.1) is 11.8 Å². The van der Waals surface area contributed by atoms with Crippen molar-refractivity contribution in [1.29, 1.82) is 0 Å². The van der Waals surface area contributed by atoms with E-state index in [0.29, 0.717) is 17.9 Å². The number of nitrogens with two attached hydrogens (primary N) is 1. The normalized spacial score (nSPS) is 15.3. The molecule has 0 aliphatic rings. The van der Waals surface area contributed by atoms with Crippen LogP contribution in [0.3, 0.4) is 0 Å². The average Bonchev–Trinajstić information content (AvgIpc) is 2.74. The molecule has 0 aliphatic carbocycles. The van der Waals surface area contributed by atoms with Crippen LogP contribution in [-0.2, 0) is 0 Å². The molecule has 0 aromatic carbocycles. The van der Waals surface area contributed by atoms with Gasteiger partial charge < -0.3 is 5.73 Å². The van der Waals surface area contributed by atoms with Gasteiger partial charge in [-0.1, -0.05) is 34.6 Å². The summed E-state index contributed by atoms with van der Waals surface area (Å²) in [6, 6.07) is 2.76.